The first-order valence-corrected chi connectivity index (χ1v) is 6.38. The fraction of sp³-hybridized carbons (Fsp3) is 0.250. The highest BCUT2D eigenvalue weighted by atomic mass is 16.5. The molecule has 2 aromatic carbocycles. The van der Waals surface area contributed by atoms with Gasteiger partial charge in [-0.2, -0.15) is 0 Å². The Kier molecular flexibility index (Phi) is 4.55. The first kappa shape index (κ1) is 13.6. The third-order valence-electron chi connectivity index (χ3n) is 3.13. The summed E-state index contributed by atoms with van der Waals surface area (Å²) in [5.41, 5.74) is 2.07. The summed E-state index contributed by atoms with van der Waals surface area (Å²) in [5, 5.41) is 12.2. The lowest BCUT2D eigenvalue weighted by molar-refractivity contribution is 0.281. The lowest BCUT2D eigenvalue weighted by atomic mass is 10.1. The van der Waals surface area contributed by atoms with Crippen molar-refractivity contribution in [2.24, 2.45) is 0 Å². The summed E-state index contributed by atoms with van der Waals surface area (Å²) in [7, 11) is 1.94. The summed E-state index contributed by atoms with van der Waals surface area (Å²) in [6.45, 7) is 2.16. The summed E-state index contributed by atoms with van der Waals surface area (Å²) in [6.07, 6.45) is 0. The van der Waals surface area contributed by atoms with Crippen LogP contribution in [0.15, 0.2) is 48.5 Å². The average Bonchev–Trinajstić information content (AvgIpc) is 2.47. The molecule has 0 saturated heterocycles. The average molecular weight is 257 g/mol. The van der Waals surface area contributed by atoms with E-state index in [2.05, 4.69) is 18.3 Å². The zero-order valence-corrected chi connectivity index (χ0v) is 11.3. The van der Waals surface area contributed by atoms with Crippen molar-refractivity contribution >= 4 is 0 Å². The maximum absolute atomic E-state index is 9.00. The Labute approximate surface area is 113 Å². The SMILES string of the molecule is CNC(C)c1cccc(Oc2ccc(CO)cc2)c1. The van der Waals surface area contributed by atoms with Crippen LogP contribution < -0.4 is 10.1 Å². The van der Waals surface area contributed by atoms with Gasteiger partial charge in [-0.1, -0.05) is 24.3 Å². The molecular weight excluding hydrogens is 238 g/mol. The van der Waals surface area contributed by atoms with E-state index in [4.69, 9.17) is 9.84 Å². The molecule has 2 rings (SSSR count). The van der Waals surface area contributed by atoms with Gasteiger partial charge in [-0.05, 0) is 49.4 Å². The first-order valence-electron chi connectivity index (χ1n) is 6.38. The number of nitrogens with one attached hydrogen (secondary N) is 1. The Morgan fingerprint density at radius 2 is 1.84 bits per heavy atom. The van der Waals surface area contributed by atoms with Crippen LogP contribution in [0.5, 0.6) is 11.5 Å². The Balaban J connectivity index is 2.13. The van der Waals surface area contributed by atoms with Gasteiger partial charge < -0.3 is 15.2 Å². The molecule has 3 nitrogen and oxygen atoms in total. The summed E-state index contributed by atoms with van der Waals surface area (Å²) in [6, 6.07) is 15.8. The van der Waals surface area contributed by atoms with Crippen LogP contribution in [0.25, 0.3) is 0 Å². The molecule has 0 aliphatic carbocycles. The second-order valence-electron chi connectivity index (χ2n) is 4.49. The van der Waals surface area contributed by atoms with E-state index in [1.807, 2.05) is 49.5 Å². The Hall–Kier alpha value is -1.84. The van der Waals surface area contributed by atoms with E-state index in [0.717, 1.165) is 17.1 Å². The Bertz CT molecular complexity index is 523. The van der Waals surface area contributed by atoms with Crippen molar-refractivity contribution in [3.63, 3.8) is 0 Å². The molecule has 0 fully saturated rings. The van der Waals surface area contributed by atoms with Crippen LogP contribution in [-0.2, 0) is 6.61 Å². The fourth-order valence-electron chi connectivity index (χ4n) is 1.81. The van der Waals surface area contributed by atoms with Gasteiger partial charge in [-0.3, -0.25) is 0 Å². The molecule has 3 heteroatoms. The van der Waals surface area contributed by atoms with Gasteiger partial charge in [0.05, 0.1) is 6.61 Å². The Morgan fingerprint density at radius 1 is 1.11 bits per heavy atom. The van der Waals surface area contributed by atoms with E-state index in [9.17, 15) is 0 Å². The van der Waals surface area contributed by atoms with E-state index >= 15 is 0 Å². The predicted octanol–water partition coefficient (Wildman–Crippen LogP) is 3.25. The zero-order valence-electron chi connectivity index (χ0n) is 11.3. The lowest BCUT2D eigenvalue weighted by Crippen LogP contribution is -2.11. The van der Waals surface area contributed by atoms with Gasteiger partial charge in [-0.15, -0.1) is 0 Å². The van der Waals surface area contributed by atoms with Crippen molar-refractivity contribution in [2.45, 2.75) is 19.6 Å². The van der Waals surface area contributed by atoms with Crippen LogP contribution in [0.2, 0.25) is 0 Å². The predicted molar refractivity (Wildman–Crippen MR) is 76.4 cm³/mol. The first-order chi connectivity index (χ1) is 9.22. The van der Waals surface area contributed by atoms with Crippen molar-refractivity contribution in [1.29, 1.82) is 0 Å². The van der Waals surface area contributed by atoms with Crippen molar-refractivity contribution in [3.05, 3.63) is 59.7 Å². The van der Waals surface area contributed by atoms with E-state index in [-0.39, 0.29) is 6.61 Å². The molecule has 0 saturated carbocycles. The summed E-state index contributed by atoms with van der Waals surface area (Å²) in [5.74, 6) is 1.59. The van der Waals surface area contributed by atoms with Crippen LogP contribution in [0.1, 0.15) is 24.1 Å². The molecule has 1 atom stereocenters. The van der Waals surface area contributed by atoms with Crippen molar-refractivity contribution < 1.29 is 9.84 Å². The molecule has 0 spiro atoms. The van der Waals surface area contributed by atoms with Crippen molar-refractivity contribution in [3.8, 4) is 11.5 Å². The van der Waals surface area contributed by atoms with Gasteiger partial charge in [0.1, 0.15) is 11.5 Å². The molecule has 2 N–H and O–H groups in total. The lowest BCUT2D eigenvalue weighted by Gasteiger charge is -2.12. The molecule has 0 aliphatic rings. The van der Waals surface area contributed by atoms with Crippen LogP contribution in [-0.4, -0.2) is 12.2 Å². The quantitative estimate of drug-likeness (QED) is 0.864. The number of aliphatic hydroxyl groups is 1. The van der Waals surface area contributed by atoms with E-state index in [1.165, 1.54) is 5.56 Å². The Morgan fingerprint density at radius 3 is 2.47 bits per heavy atom. The van der Waals surface area contributed by atoms with Gasteiger partial charge in [0.25, 0.3) is 0 Å². The zero-order chi connectivity index (χ0) is 13.7. The molecule has 0 aromatic heterocycles. The molecule has 100 valence electrons. The second kappa shape index (κ2) is 6.36. The molecule has 0 radical (unpaired) electrons. The highest BCUT2D eigenvalue weighted by molar-refractivity contribution is 5.36. The van der Waals surface area contributed by atoms with Crippen LogP contribution >= 0.6 is 0 Å². The number of benzene rings is 2. The van der Waals surface area contributed by atoms with E-state index in [1.54, 1.807) is 0 Å². The number of hydrogen-bond acceptors (Lipinski definition) is 3. The monoisotopic (exact) mass is 257 g/mol. The van der Waals surface area contributed by atoms with Crippen molar-refractivity contribution in [2.75, 3.05) is 7.05 Å². The minimum absolute atomic E-state index is 0.0510. The number of rotatable bonds is 5. The third kappa shape index (κ3) is 3.56. The normalized spacial score (nSPS) is 12.2. The van der Waals surface area contributed by atoms with Crippen LogP contribution in [0.4, 0.5) is 0 Å². The molecule has 1 unspecified atom stereocenters. The van der Waals surface area contributed by atoms with Crippen LogP contribution in [0.3, 0.4) is 0 Å². The van der Waals surface area contributed by atoms with Gasteiger partial charge >= 0.3 is 0 Å². The van der Waals surface area contributed by atoms with Crippen molar-refractivity contribution in [1.82, 2.24) is 5.32 Å². The maximum atomic E-state index is 9.00. The topological polar surface area (TPSA) is 41.5 Å². The van der Waals surface area contributed by atoms with Gasteiger partial charge in [0.2, 0.25) is 0 Å². The van der Waals surface area contributed by atoms with Gasteiger partial charge in [0.15, 0.2) is 0 Å². The van der Waals surface area contributed by atoms with E-state index < -0.39 is 0 Å². The molecular formula is C16H19NO2. The minimum atomic E-state index is 0.0510. The highest BCUT2D eigenvalue weighted by Gasteiger charge is 2.04. The molecule has 19 heavy (non-hydrogen) atoms. The van der Waals surface area contributed by atoms with Gasteiger partial charge in [-0.25, -0.2) is 0 Å². The number of aliphatic hydroxyl groups excluding tert-OH is 1. The molecule has 0 heterocycles. The fourth-order valence-corrected chi connectivity index (χ4v) is 1.81. The maximum Gasteiger partial charge on any atom is 0.127 e. The molecule has 0 aliphatic heterocycles. The smallest absolute Gasteiger partial charge is 0.127 e. The minimum Gasteiger partial charge on any atom is -0.457 e. The largest absolute Gasteiger partial charge is 0.457 e. The number of ether oxygens (including phenoxy) is 1. The third-order valence-corrected chi connectivity index (χ3v) is 3.13. The summed E-state index contributed by atoms with van der Waals surface area (Å²) < 4.78 is 5.80. The standard InChI is InChI=1S/C16H19NO2/c1-12(17-2)14-4-3-5-16(10-14)19-15-8-6-13(11-18)7-9-15/h3-10,12,17-18H,11H2,1-2H3. The van der Waals surface area contributed by atoms with Gasteiger partial charge in [0, 0.05) is 6.04 Å². The summed E-state index contributed by atoms with van der Waals surface area (Å²) in [4.78, 5) is 0. The number of hydrogen-bond donors (Lipinski definition) is 2. The van der Waals surface area contributed by atoms with Crippen LogP contribution in [0, 0.1) is 0 Å². The molecule has 2 aromatic rings. The molecule has 0 amide bonds. The van der Waals surface area contributed by atoms with E-state index in [0.29, 0.717) is 6.04 Å². The summed E-state index contributed by atoms with van der Waals surface area (Å²) >= 11 is 0. The second-order valence-corrected chi connectivity index (χ2v) is 4.49. The molecule has 0 bridgehead atoms. The highest BCUT2D eigenvalue weighted by Crippen LogP contribution is 2.24.